The number of hydrogen-bond acceptors (Lipinski definition) is 6. The highest BCUT2D eigenvalue weighted by atomic mass is 16.5. The number of rotatable bonds is 5. The summed E-state index contributed by atoms with van der Waals surface area (Å²) in [4.78, 5) is 23.2. The van der Waals surface area contributed by atoms with Crippen molar-refractivity contribution in [2.75, 3.05) is 37.5 Å². The van der Waals surface area contributed by atoms with Crippen LogP contribution >= 0.6 is 0 Å². The molecule has 0 aliphatic carbocycles. The Bertz CT molecular complexity index is 745. The minimum atomic E-state index is -0.302. The Hall–Kier alpha value is -2.83. The Morgan fingerprint density at radius 2 is 1.88 bits per heavy atom. The van der Waals surface area contributed by atoms with Crippen molar-refractivity contribution in [1.29, 1.82) is 0 Å². The molecule has 0 saturated carbocycles. The highest BCUT2D eigenvalue weighted by Crippen LogP contribution is 2.29. The van der Waals surface area contributed by atoms with Crippen LogP contribution in [-0.2, 0) is 0 Å². The minimum absolute atomic E-state index is 0.302. The largest absolute Gasteiger partial charge is 0.497 e. The lowest BCUT2D eigenvalue weighted by molar-refractivity contribution is 0.102. The zero-order valence-corrected chi connectivity index (χ0v) is 14.5. The zero-order valence-electron chi connectivity index (χ0n) is 14.5. The molecule has 0 bridgehead atoms. The summed E-state index contributed by atoms with van der Waals surface area (Å²) < 4.78 is 10.5. The number of benzene rings is 1. The third kappa shape index (κ3) is 3.99. The van der Waals surface area contributed by atoms with Crippen molar-refractivity contribution < 1.29 is 14.3 Å². The number of carbonyl (C=O) groups excluding carboxylic acids is 1. The number of piperidine rings is 1. The quantitative estimate of drug-likeness (QED) is 0.900. The van der Waals surface area contributed by atoms with E-state index < -0.39 is 0 Å². The van der Waals surface area contributed by atoms with E-state index in [1.165, 1.54) is 12.7 Å². The number of carbonyl (C=O) groups is 1. The predicted molar refractivity (Wildman–Crippen MR) is 95.6 cm³/mol. The van der Waals surface area contributed by atoms with Crippen LogP contribution in [0.15, 0.2) is 30.6 Å². The number of methoxy groups -OCH3 is 2. The van der Waals surface area contributed by atoms with E-state index in [4.69, 9.17) is 9.47 Å². The third-order valence-electron chi connectivity index (χ3n) is 4.22. The molecular weight excluding hydrogens is 320 g/mol. The molecule has 0 radical (unpaired) electrons. The highest BCUT2D eigenvalue weighted by Gasteiger charge is 2.16. The second-order valence-corrected chi connectivity index (χ2v) is 5.83. The molecule has 2 heterocycles. The lowest BCUT2D eigenvalue weighted by Gasteiger charge is -2.27. The molecule has 1 aliphatic rings. The Kier molecular flexibility index (Phi) is 5.33. The fourth-order valence-electron chi connectivity index (χ4n) is 2.86. The van der Waals surface area contributed by atoms with Crippen LogP contribution in [0.25, 0.3) is 0 Å². The van der Waals surface area contributed by atoms with Gasteiger partial charge in [-0.15, -0.1) is 0 Å². The maximum Gasteiger partial charge on any atom is 0.274 e. The van der Waals surface area contributed by atoms with Gasteiger partial charge >= 0.3 is 0 Å². The maximum atomic E-state index is 12.6. The van der Waals surface area contributed by atoms with E-state index in [0.29, 0.717) is 22.9 Å². The van der Waals surface area contributed by atoms with Crippen molar-refractivity contribution >= 4 is 17.4 Å². The van der Waals surface area contributed by atoms with Crippen molar-refractivity contribution in [3.05, 3.63) is 36.3 Å². The molecule has 7 heteroatoms. The first-order valence-electron chi connectivity index (χ1n) is 8.31. The highest BCUT2D eigenvalue weighted by molar-refractivity contribution is 6.04. The Morgan fingerprint density at radius 1 is 1.08 bits per heavy atom. The molecular formula is C18H22N4O3. The van der Waals surface area contributed by atoms with Gasteiger partial charge in [-0.2, -0.15) is 0 Å². The van der Waals surface area contributed by atoms with Crippen molar-refractivity contribution in [3.63, 3.8) is 0 Å². The van der Waals surface area contributed by atoms with E-state index in [1.54, 1.807) is 38.5 Å². The molecule has 1 aromatic carbocycles. The minimum Gasteiger partial charge on any atom is -0.497 e. The molecule has 2 aromatic rings. The average molecular weight is 342 g/mol. The first-order valence-corrected chi connectivity index (χ1v) is 8.31. The van der Waals surface area contributed by atoms with Crippen LogP contribution < -0.4 is 19.7 Å². The van der Waals surface area contributed by atoms with Gasteiger partial charge in [-0.25, -0.2) is 9.97 Å². The van der Waals surface area contributed by atoms with Crippen LogP contribution in [-0.4, -0.2) is 43.2 Å². The lowest BCUT2D eigenvalue weighted by Crippen LogP contribution is -2.30. The normalized spacial score (nSPS) is 14.1. The Balaban J connectivity index is 1.77. The van der Waals surface area contributed by atoms with Gasteiger partial charge in [0.25, 0.3) is 5.91 Å². The van der Waals surface area contributed by atoms with Crippen molar-refractivity contribution in [2.45, 2.75) is 19.3 Å². The van der Waals surface area contributed by atoms with Crippen LogP contribution in [0.5, 0.6) is 11.5 Å². The molecule has 1 amide bonds. The first kappa shape index (κ1) is 17.0. The average Bonchev–Trinajstić information content (AvgIpc) is 2.69. The van der Waals surface area contributed by atoms with Gasteiger partial charge < -0.3 is 19.7 Å². The summed E-state index contributed by atoms with van der Waals surface area (Å²) in [7, 11) is 3.12. The van der Waals surface area contributed by atoms with E-state index in [1.807, 2.05) is 0 Å². The molecule has 25 heavy (non-hydrogen) atoms. The summed E-state index contributed by atoms with van der Waals surface area (Å²) in [5.41, 5.74) is 0.889. The number of nitrogens with one attached hydrogen (secondary N) is 1. The molecule has 1 aliphatic heterocycles. The first-order chi connectivity index (χ1) is 12.2. The van der Waals surface area contributed by atoms with E-state index in [-0.39, 0.29) is 5.91 Å². The fourth-order valence-corrected chi connectivity index (χ4v) is 2.86. The van der Waals surface area contributed by atoms with Gasteiger partial charge in [0.2, 0.25) is 0 Å². The number of ether oxygens (including phenoxy) is 2. The predicted octanol–water partition coefficient (Wildman–Crippen LogP) is 2.74. The van der Waals surface area contributed by atoms with Crippen molar-refractivity contribution in [3.8, 4) is 11.5 Å². The molecule has 0 unspecified atom stereocenters. The molecule has 132 valence electrons. The smallest absolute Gasteiger partial charge is 0.274 e. The topological polar surface area (TPSA) is 76.6 Å². The van der Waals surface area contributed by atoms with Gasteiger partial charge in [-0.05, 0) is 31.4 Å². The summed E-state index contributed by atoms with van der Waals surface area (Å²) in [6, 6.07) is 6.95. The summed E-state index contributed by atoms with van der Waals surface area (Å²) in [5.74, 6) is 1.67. The van der Waals surface area contributed by atoms with E-state index in [0.717, 1.165) is 31.7 Å². The summed E-state index contributed by atoms with van der Waals surface area (Å²) >= 11 is 0. The van der Waals surface area contributed by atoms with Gasteiger partial charge in [-0.1, -0.05) is 0 Å². The van der Waals surface area contributed by atoms with E-state index >= 15 is 0 Å². The van der Waals surface area contributed by atoms with Gasteiger partial charge in [-0.3, -0.25) is 4.79 Å². The number of amides is 1. The third-order valence-corrected chi connectivity index (χ3v) is 4.22. The maximum absolute atomic E-state index is 12.6. The Labute approximate surface area is 147 Å². The van der Waals surface area contributed by atoms with Crippen molar-refractivity contribution in [2.24, 2.45) is 0 Å². The molecule has 1 N–H and O–H groups in total. The lowest BCUT2D eigenvalue weighted by atomic mass is 10.1. The molecule has 7 nitrogen and oxygen atoms in total. The van der Waals surface area contributed by atoms with Crippen LogP contribution in [0.3, 0.4) is 0 Å². The number of anilines is 2. The van der Waals surface area contributed by atoms with E-state index in [9.17, 15) is 4.79 Å². The van der Waals surface area contributed by atoms with Crippen LogP contribution in [0.4, 0.5) is 11.5 Å². The Morgan fingerprint density at radius 3 is 2.60 bits per heavy atom. The zero-order chi connectivity index (χ0) is 17.6. The number of nitrogens with zero attached hydrogens (tertiary/aromatic N) is 3. The summed E-state index contributed by atoms with van der Waals surface area (Å²) in [6.07, 6.45) is 4.97. The molecule has 1 fully saturated rings. The van der Waals surface area contributed by atoms with E-state index in [2.05, 4.69) is 20.2 Å². The molecule has 1 saturated heterocycles. The SMILES string of the molecule is COc1ccc(NC(=O)c2cc(N3CCCCC3)ncn2)c(OC)c1. The van der Waals surface area contributed by atoms with Crippen molar-refractivity contribution in [1.82, 2.24) is 9.97 Å². The second kappa shape index (κ2) is 7.83. The van der Waals surface area contributed by atoms with Gasteiger partial charge in [0.15, 0.2) is 0 Å². The van der Waals surface area contributed by atoms with Gasteiger partial charge in [0.1, 0.15) is 29.3 Å². The standard InChI is InChI=1S/C18H22N4O3/c1-24-13-6-7-14(16(10-13)25-2)21-18(23)15-11-17(20-12-19-15)22-8-4-3-5-9-22/h6-7,10-12H,3-5,8-9H2,1-2H3,(H,21,23). The van der Waals surface area contributed by atoms with Gasteiger partial charge in [0, 0.05) is 25.2 Å². The van der Waals surface area contributed by atoms with Gasteiger partial charge in [0.05, 0.1) is 19.9 Å². The fraction of sp³-hybridized carbons (Fsp3) is 0.389. The molecule has 3 rings (SSSR count). The molecule has 0 atom stereocenters. The number of aromatic nitrogens is 2. The molecule has 1 aromatic heterocycles. The summed E-state index contributed by atoms with van der Waals surface area (Å²) in [6.45, 7) is 1.93. The molecule has 0 spiro atoms. The monoisotopic (exact) mass is 342 g/mol. The van der Waals surface area contributed by atoms with Crippen LogP contribution in [0.2, 0.25) is 0 Å². The second-order valence-electron chi connectivity index (χ2n) is 5.83. The summed E-state index contributed by atoms with van der Waals surface area (Å²) in [5, 5.41) is 2.83. The van der Waals surface area contributed by atoms with Crippen LogP contribution in [0, 0.1) is 0 Å². The number of hydrogen-bond donors (Lipinski definition) is 1. The van der Waals surface area contributed by atoms with Crippen LogP contribution in [0.1, 0.15) is 29.8 Å².